The number of aliphatic hydroxyl groups is 2. The van der Waals surface area contributed by atoms with E-state index in [9.17, 15) is 9.90 Å². The van der Waals surface area contributed by atoms with Crippen LogP contribution in [0.15, 0.2) is 0 Å². The molecule has 0 radical (unpaired) electrons. The van der Waals surface area contributed by atoms with Gasteiger partial charge in [0.2, 0.25) is 0 Å². The summed E-state index contributed by atoms with van der Waals surface area (Å²) in [4.78, 5) is 9.64. The van der Waals surface area contributed by atoms with Crippen molar-refractivity contribution in [1.82, 2.24) is 0 Å². The van der Waals surface area contributed by atoms with Crippen LogP contribution in [0.5, 0.6) is 0 Å². The molecule has 0 amide bonds. The summed E-state index contributed by atoms with van der Waals surface area (Å²) in [5.74, 6) is -1.71. The minimum atomic E-state index is -1.93. The van der Waals surface area contributed by atoms with Gasteiger partial charge < -0.3 is 24.9 Å². The summed E-state index contributed by atoms with van der Waals surface area (Å²) in [5.41, 5.74) is 0. The van der Waals surface area contributed by atoms with Gasteiger partial charge in [-0.25, -0.2) is 0 Å². The fraction of sp³-hybridized carbons (Fsp3) is 0.750. The number of carbonyl (C=O) groups excluding carboxylic acids is 1. The van der Waals surface area contributed by atoms with Crippen molar-refractivity contribution < 1.29 is 24.9 Å². The highest BCUT2D eigenvalue weighted by molar-refractivity contribution is 5.67. The molecule has 5 nitrogen and oxygen atoms in total. The highest BCUT2D eigenvalue weighted by Crippen LogP contribution is 1.81. The summed E-state index contributed by atoms with van der Waals surface area (Å²) in [7, 11) is 0. The average molecular weight is 135 g/mol. The molecule has 0 heterocycles. The minimum Gasteiger partial charge on any atom is -0.545 e. The van der Waals surface area contributed by atoms with E-state index >= 15 is 0 Å². The maximum absolute atomic E-state index is 9.64. The van der Waals surface area contributed by atoms with E-state index in [4.69, 9.17) is 10.2 Å². The molecular formula is C4H7O5-. The van der Waals surface area contributed by atoms with Gasteiger partial charge in [0.1, 0.15) is 0 Å². The molecule has 0 aliphatic heterocycles. The number of carbonyl (C=O) groups is 1. The van der Waals surface area contributed by atoms with Crippen LogP contribution < -0.4 is 5.11 Å². The second-order valence-corrected chi connectivity index (χ2v) is 1.27. The fourth-order valence-electron chi connectivity index (χ4n) is 0.232. The highest BCUT2D eigenvalue weighted by Gasteiger charge is 2.01. The van der Waals surface area contributed by atoms with Crippen molar-refractivity contribution in [3.63, 3.8) is 0 Å². The summed E-state index contributed by atoms with van der Waals surface area (Å²) >= 11 is 0. The van der Waals surface area contributed by atoms with Crippen LogP contribution in [-0.4, -0.2) is 35.7 Å². The lowest BCUT2D eigenvalue weighted by molar-refractivity contribution is -0.331. The minimum absolute atomic E-state index is 0.213. The van der Waals surface area contributed by atoms with Gasteiger partial charge in [-0.2, -0.15) is 0 Å². The Kier molecular flexibility index (Phi) is 3.94. The lowest BCUT2D eigenvalue weighted by Gasteiger charge is -2.10. The molecule has 9 heavy (non-hydrogen) atoms. The molecule has 5 heteroatoms. The fourth-order valence-corrected chi connectivity index (χ4v) is 0.232. The average Bonchev–Trinajstić information content (AvgIpc) is 1.82. The van der Waals surface area contributed by atoms with Crippen LogP contribution in [0.3, 0.4) is 0 Å². The molecule has 0 spiro atoms. The monoisotopic (exact) mass is 135 g/mol. The molecule has 1 unspecified atom stereocenters. The number of aliphatic carboxylic acids is 1. The van der Waals surface area contributed by atoms with Gasteiger partial charge in [-0.1, -0.05) is 0 Å². The molecule has 54 valence electrons. The highest BCUT2D eigenvalue weighted by atomic mass is 16.6. The third kappa shape index (κ3) is 3.89. The quantitative estimate of drug-likeness (QED) is 0.402. The molecule has 0 rings (SSSR count). The molecule has 0 saturated carbocycles. The van der Waals surface area contributed by atoms with Gasteiger partial charge in [0.15, 0.2) is 6.29 Å². The predicted octanol–water partition coefficient (Wildman–Crippen LogP) is -2.94. The first-order chi connectivity index (χ1) is 4.18. The summed E-state index contributed by atoms with van der Waals surface area (Å²) in [6.45, 7) is -0.542. The Morgan fingerprint density at radius 3 is 2.67 bits per heavy atom. The second kappa shape index (κ2) is 4.25. The Labute approximate surface area is 51.5 Å². The van der Waals surface area contributed by atoms with Gasteiger partial charge in [-0.05, 0) is 0 Å². The predicted molar refractivity (Wildman–Crippen MR) is 24.1 cm³/mol. The number of hydrogen-bond acceptors (Lipinski definition) is 5. The number of rotatable bonds is 4. The molecule has 0 aliphatic rings. The molecule has 1 atom stereocenters. The number of carboxylic acid groups (broad SMARTS) is 1. The lowest BCUT2D eigenvalue weighted by atomic mass is 10.6. The molecule has 0 fully saturated rings. The van der Waals surface area contributed by atoms with Crippen LogP contribution >= 0.6 is 0 Å². The largest absolute Gasteiger partial charge is 0.545 e. The Balaban J connectivity index is 3.27. The first-order valence-corrected chi connectivity index (χ1v) is 2.30. The molecule has 2 N–H and O–H groups in total. The van der Waals surface area contributed by atoms with Gasteiger partial charge in [-0.15, -0.1) is 0 Å². The number of aliphatic hydroxyl groups excluding tert-OH is 2. The molecule has 0 bridgehead atoms. The van der Waals surface area contributed by atoms with Crippen LogP contribution in [-0.2, 0) is 9.53 Å². The van der Waals surface area contributed by atoms with Crippen molar-refractivity contribution in [2.75, 3.05) is 13.2 Å². The van der Waals surface area contributed by atoms with E-state index in [1.54, 1.807) is 0 Å². The van der Waals surface area contributed by atoms with Crippen molar-refractivity contribution in [2.24, 2.45) is 0 Å². The van der Waals surface area contributed by atoms with Gasteiger partial charge in [0.05, 0.1) is 19.2 Å². The maximum Gasteiger partial charge on any atom is 0.195 e. The third-order valence-electron chi connectivity index (χ3n) is 0.569. The van der Waals surface area contributed by atoms with E-state index in [-0.39, 0.29) is 13.2 Å². The zero-order chi connectivity index (χ0) is 7.28. The second-order valence-electron chi connectivity index (χ2n) is 1.27. The van der Waals surface area contributed by atoms with Crippen molar-refractivity contribution in [3.05, 3.63) is 0 Å². The molecule has 0 aromatic rings. The molecule has 0 aromatic carbocycles. The van der Waals surface area contributed by atoms with Gasteiger partial charge in [0, 0.05) is 0 Å². The summed E-state index contributed by atoms with van der Waals surface area (Å²) in [6.07, 6.45) is -1.93. The summed E-state index contributed by atoms with van der Waals surface area (Å²) in [6, 6.07) is 0. The summed E-state index contributed by atoms with van der Waals surface area (Å²) in [5, 5.41) is 25.9. The van der Waals surface area contributed by atoms with Crippen molar-refractivity contribution in [2.45, 2.75) is 6.29 Å². The molecule has 0 aliphatic carbocycles. The molecule has 0 aromatic heterocycles. The first kappa shape index (κ1) is 8.35. The van der Waals surface area contributed by atoms with E-state index in [0.29, 0.717) is 0 Å². The van der Waals surface area contributed by atoms with Crippen LogP contribution in [0.4, 0.5) is 0 Å². The summed E-state index contributed by atoms with van der Waals surface area (Å²) < 4.78 is 4.10. The molecule has 0 saturated heterocycles. The van der Waals surface area contributed by atoms with Crippen molar-refractivity contribution >= 4 is 5.97 Å². The Hall–Kier alpha value is -0.650. The van der Waals surface area contributed by atoms with E-state index in [2.05, 4.69) is 4.74 Å². The van der Waals surface area contributed by atoms with Gasteiger partial charge in [-0.3, -0.25) is 0 Å². The maximum atomic E-state index is 9.64. The van der Waals surface area contributed by atoms with Crippen molar-refractivity contribution in [1.29, 1.82) is 0 Å². The van der Waals surface area contributed by atoms with Crippen molar-refractivity contribution in [3.8, 4) is 0 Å². The normalized spacial score (nSPS) is 13.1. The Morgan fingerprint density at radius 2 is 2.33 bits per heavy atom. The van der Waals surface area contributed by atoms with E-state index in [0.717, 1.165) is 0 Å². The third-order valence-corrected chi connectivity index (χ3v) is 0.569. The topological polar surface area (TPSA) is 89.8 Å². The standard InChI is InChI=1S/C4H8O5/c5-1-2-9-4(8)3(6)7/h4-5,8H,1-2H2,(H,6,7)/p-1. The van der Waals surface area contributed by atoms with Gasteiger partial charge in [0.25, 0.3) is 0 Å². The van der Waals surface area contributed by atoms with E-state index in [1.165, 1.54) is 0 Å². The number of hydrogen-bond donors (Lipinski definition) is 2. The molecular weight excluding hydrogens is 128 g/mol. The first-order valence-electron chi connectivity index (χ1n) is 2.30. The van der Waals surface area contributed by atoms with Crippen LogP contribution in [0.1, 0.15) is 0 Å². The van der Waals surface area contributed by atoms with Gasteiger partial charge >= 0.3 is 0 Å². The van der Waals surface area contributed by atoms with E-state index in [1.807, 2.05) is 0 Å². The Bertz CT molecular complexity index is 91.0. The number of ether oxygens (including phenoxy) is 1. The zero-order valence-electron chi connectivity index (χ0n) is 4.61. The Morgan fingerprint density at radius 1 is 1.78 bits per heavy atom. The van der Waals surface area contributed by atoms with Crippen LogP contribution in [0.2, 0.25) is 0 Å². The van der Waals surface area contributed by atoms with E-state index < -0.39 is 12.3 Å². The smallest absolute Gasteiger partial charge is 0.195 e. The zero-order valence-corrected chi connectivity index (χ0v) is 4.61. The van der Waals surface area contributed by atoms with Crippen LogP contribution in [0, 0.1) is 0 Å². The SMILES string of the molecule is O=C([O-])C(O)OCCO. The lowest BCUT2D eigenvalue weighted by Crippen LogP contribution is -2.37. The van der Waals surface area contributed by atoms with Crippen LogP contribution in [0.25, 0.3) is 0 Å². The number of carboxylic acids is 1.